The highest BCUT2D eigenvalue weighted by atomic mass is 32.2. The van der Waals surface area contributed by atoms with Crippen LogP contribution in [0.1, 0.15) is 63.9 Å². The van der Waals surface area contributed by atoms with Gasteiger partial charge in [-0.1, -0.05) is 39.2 Å². The van der Waals surface area contributed by atoms with Crippen LogP contribution in [-0.2, 0) is 14.6 Å². The van der Waals surface area contributed by atoms with Crippen molar-refractivity contribution in [1.82, 2.24) is 0 Å². The molecule has 1 atom stereocenters. The summed E-state index contributed by atoms with van der Waals surface area (Å²) in [7, 11) is -1.84. The molecular formula is C18H28O5S. The maximum atomic E-state index is 12.2. The van der Waals surface area contributed by atoms with E-state index in [4.69, 9.17) is 4.74 Å². The van der Waals surface area contributed by atoms with Gasteiger partial charge in [0, 0.05) is 0 Å². The first kappa shape index (κ1) is 20.5. The van der Waals surface area contributed by atoms with Crippen molar-refractivity contribution in [2.75, 3.05) is 12.9 Å². The molecule has 136 valence electrons. The van der Waals surface area contributed by atoms with Crippen molar-refractivity contribution < 1.29 is 23.1 Å². The molecule has 1 rings (SSSR count). The average Bonchev–Trinajstić information content (AvgIpc) is 2.53. The Morgan fingerprint density at radius 2 is 1.92 bits per heavy atom. The van der Waals surface area contributed by atoms with Crippen LogP contribution in [0.15, 0.2) is 23.1 Å². The van der Waals surface area contributed by atoms with E-state index in [1.54, 1.807) is 12.1 Å². The summed E-state index contributed by atoms with van der Waals surface area (Å²) >= 11 is 0. The standard InChI is InChI=1S/C18H28O5S/c1-4-6-7-8-14(12-18(19)20)16-10-9-15(13-17(16)23-3)24(21,22)11-5-2/h9-10,13-14H,4-8,11-12H2,1-3H3,(H,19,20). The second kappa shape index (κ2) is 9.67. The van der Waals surface area contributed by atoms with Gasteiger partial charge in [0.1, 0.15) is 5.75 Å². The molecule has 0 amide bonds. The van der Waals surface area contributed by atoms with Gasteiger partial charge >= 0.3 is 5.97 Å². The number of methoxy groups -OCH3 is 1. The van der Waals surface area contributed by atoms with Gasteiger partial charge in [0.25, 0.3) is 0 Å². The number of sulfone groups is 1. The van der Waals surface area contributed by atoms with Gasteiger partial charge in [0.15, 0.2) is 9.84 Å². The third-order valence-corrected chi connectivity index (χ3v) is 5.97. The fourth-order valence-corrected chi connectivity index (χ4v) is 4.16. The number of aliphatic carboxylic acids is 1. The van der Waals surface area contributed by atoms with Crippen molar-refractivity contribution in [3.05, 3.63) is 23.8 Å². The van der Waals surface area contributed by atoms with Crippen molar-refractivity contribution >= 4 is 15.8 Å². The van der Waals surface area contributed by atoms with Gasteiger partial charge in [-0.25, -0.2) is 8.42 Å². The van der Waals surface area contributed by atoms with Crippen LogP contribution in [0.3, 0.4) is 0 Å². The smallest absolute Gasteiger partial charge is 0.303 e. The molecular weight excluding hydrogens is 328 g/mol. The second-order valence-electron chi connectivity index (χ2n) is 6.01. The Morgan fingerprint density at radius 1 is 1.21 bits per heavy atom. The molecule has 1 N–H and O–H groups in total. The molecule has 6 heteroatoms. The summed E-state index contributed by atoms with van der Waals surface area (Å²) < 4.78 is 29.8. The summed E-state index contributed by atoms with van der Waals surface area (Å²) in [4.78, 5) is 11.4. The van der Waals surface area contributed by atoms with Crippen molar-refractivity contribution in [2.24, 2.45) is 0 Å². The first-order chi connectivity index (χ1) is 11.4. The summed E-state index contributed by atoms with van der Waals surface area (Å²) in [5, 5.41) is 9.18. The highest BCUT2D eigenvalue weighted by Crippen LogP contribution is 2.35. The number of carboxylic acids is 1. The van der Waals surface area contributed by atoms with Crippen LogP contribution < -0.4 is 4.74 Å². The Labute approximate surface area is 145 Å². The molecule has 0 saturated carbocycles. The number of rotatable bonds is 11. The van der Waals surface area contributed by atoms with Crippen molar-refractivity contribution in [2.45, 2.75) is 63.2 Å². The van der Waals surface area contributed by atoms with Crippen LogP contribution in [0.2, 0.25) is 0 Å². The zero-order valence-electron chi connectivity index (χ0n) is 14.7. The molecule has 0 saturated heterocycles. The zero-order valence-corrected chi connectivity index (χ0v) is 15.6. The topological polar surface area (TPSA) is 80.7 Å². The molecule has 0 aliphatic rings. The average molecular weight is 356 g/mol. The number of benzene rings is 1. The predicted molar refractivity (Wildman–Crippen MR) is 94.5 cm³/mol. The van der Waals surface area contributed by atoms with Crippen LogP contribution in [0, 0.1) is 0 Å². The Morgan fingerprint density at radius 3 is 2.46 bits per heavy atom. The summed E-state index contributed by atoms with van der Waals surface area (Å²) in [6.45, 7) is 3.92. The van der Waals surface area contributed by atoms with Crippen LogP contribution in [0.25, 0.3) is 0 Å². The van der Waals surface area contributed by atoms with Gasteiger partial charge in [0.2, 0.25) is 0 Å². The molecule has 1 aromatic carbocycles. The molecule has 5 nitrogen and oxygen atoms in total. The lowest BCUT2D eigenvalue weighted by Gasteiger charge is -2.19. The Kier molecular flexibility index (Phi) is 8.25. The van der Waals surface area contributed by atoms with Crippen LogP contribution in [0.4, 0.5) is 0 Å². The predicted octanol–water partition coefficient (Wildman–Crippen LogP) is 4.02. The Bertz CT molecular complexity index is 637. The fourth-order valence-electron chi connectivity index (χ4n) is 2.83. The number of ether oxygens (including phenoxy) is 1. The van der Waals surface area contributed by atoms with Gasteiger partial charge in [-0.3, -0.25) is 4.79 Å². The zero-order chi connectivity index (χ0) is 18.2. The molecule has 1 unspecified atom stereocenters. The van der Waals surface area contributed by atoms with E-state index in [0.29, 0.717) is 12.2 Å². The van der Waals surface area contributed by atoms with Gasteiger partial charge < -0.3 is 9.84 Å². The van der Waals surface area contributed by atoms with Gasteiger partial charge in [-0.05, 0) is 36.5 Å². The number of carbonyl (C=O) groups is 1. The van der Waals surface area contributed by atoms with Crippen LogP contribution in [0.5, 0.6) is 5.75 Å². The lowest BCUT2D eigenvalue weighted by Crippen LogP contribution is -2.10. The SMILES string of the molecule is CCCCCC(CC(=O)O)c1ccc(S(=O)(=O)CCC)cc1OC. The van der Waals surface area contributed by atoms with Gasteiger partial charge in [-0.2, -0.15) is 0 Å². The van der Waals surface area contributed by atoms with E-state index < -0.39 is 15.8 Å². The molecule has 0 fully saturated rings. The van der Waals surface area contributed by atoms with E-state index in [0.717, 1.165) is 31.2 Å². The molecule has 0 bridgehead atoms. The Hall–Kier alpha value is -1.56. The van der Waals surface area contributed by atoms with Crippen LogP contribution in [-0.4, -0.2) is 32.4 Å². The van der Waals surface area contributed by atoms with E-state index in [1.165, 1.54) is 13.2 Å². The third kappa shape index (κ3) is 5.82. The first-order valence-electron chi connectivity index (χ1n) is 8.48. The van der Waals surface area contributed by atoms with E-state index in [-0.39, 0.29) is 23.0 Å². The summed E-state index contributed by atoms with van der Waals surface area (Å²) in [6.07, 6.45) is 4.35. The molecule has 1 aromatic rings. The molecule has 0 aliphatic heterocycles. The highest BCUT2D eigenvalue weighted by molar-refractivity contribution is 7.91. The summed E-state index contributed by atoms with van der Waals surface area (Å²) in [5.41, 5.74) is 0.770. The fraction of sp³-hybridized carbons (Fsp3) is 0.611. The van der Waals surface area contributed by atoms with E-state index in [1.807, 2.05) is 6.92 Å². The third-order valence-electron chi connectivity index (χ3n) is 4.05. The van der Waals surface area contributed by atoms with E-state index in [9.17, 15) is 18.3 Å². The largest absolute Gasteiger partial charge is 0.496 e. The highest BCUT2D eigenvalue weighted by Gasteiger charge is 2.22. The number of unbranched alkanes of at least 4 members (excludes halogenated alkanes) is 2. The number of hydrogen-bond donors (Lipinski definition) is 1. The van der Waals surface area contributed by atoms with Crippen molar-refractivity contribution in [3.63, 3.8) is 0 Å². The first-order valence-corrected chi connectivity index (χ1v) is 10.1. The minimum atomic E-state index is -3.33. The van der Waals surface area contributed by atoms with E-state index >= 15 is 0 Å². The normalized spacial score (nSPS) is 12.8. The number of carboxylic acid groups (broad SMARTS) is 1. The molecule has 0 aromatic heterocycles. The minimum Gasteiger partial charge on any atom is -0.496 e. The molecule has 0 heterocycles. The Balaban J connectivity index is 3.16. The van der Waals surface area contributed by atoms with Gasteiger partial charge in [0.05, 0.1) is 24.2 Å². The molecule has 24 heavy (non-hydrogen) atoms. The van der Waals surface area contributed by atoms with Gasteiger partial charge in [-0.15, -0.1) is 0 Å². The van der Waals surface area contributed by atoms with E-state index in [2.05, 4.69) is 6.92 Å². The number of hydrogen-bond acceptors (Lipinski definition) is 4. The maximum Gasteiger partial charge on any atom is 0.303 e. The summed E-state index contributed by atoms with van der Waals surface area (Å²) in [5.74, 6) is -0.493. The van der Waals surface area contributed by atoms with Crippen LogP contribution >= 0.6 is 0 Å². The lowest BCUT2D eigenvalue weighted by atomic mass is 9.89. The monoisotopic (exact) mass is 356 g/mol. The molecule has 0 spiro atoms. The van der Waals surface area contributed by atoms with Crippen molar-refractivity contribution in [3.8, 4) is 5.75 Å². The minimum absolute atomic E-state index is 0.0150. The van der Waals surface area contributed by atoms with Crippen molar-refractivity contribution in [1.29, 1.82) is 0 Å². The maximum absolute atomic E-state index is 12.2. The quantitative estimate of drug-likeness (QED) is 0.606. The molecule has 0 radical (unpaired) electrons. The second-order valence-corrected chi connectivity index (χ2v) is 8.12. The molecule has 0 aliphatic carbocycles. The summed E-state index contributed by atoms with van der Waals surface area (Å²) in [6, 6.07) is 4.80. The lowest BCUT2D eigenvalue weighted by molar-refractivity contribution is -0.137.